The van der Waals surface area contributed by atoms with Crippen LogP contribution in [0.2, 0.25) is 0 Å². The van der Waals surface area contributed by atoms with Crippen molar-refractivity contribution in [3.05, 3.63) is 12.2 Å². The molecule has 1 aliphatic heterocycles. The first-order chi connectivity index (χ1) is 11.8. The van der Waals surface area contributed by atoms with Gasteiger partial charge in [0.1, 0.15) is 13.0 Å². The van der Waals surface area contributed by atoms with Gasteiger partial charge in [-0.1, -0.05) is 6.58 Å². The number of carbonyl (C=O) groups excluding carboxylic acids is 1. The highest BCUT2D eigenvalue weighted by Gasteiger charge is 2.39. The minimum absolute atomic E-state index is 0.0454. The van der Waals surface area contributed by atoms with Crippen molar-refractivity contribution in [3.8, 4) is 0 Å². The molecule has 0 saturated heterocycles. The van der Waals surface area contributed by atoms with Crippen molar-refractivity contribution >= 4 is 28.7 Å². The minimum atomic E-state index is -3.26. The molecule has 146 valence electrons. The summed E-state index contributed by atoms with van der Waals surface area (Å²) in [6, 6.07) is 0. The van der Waals surface area contributed by atoms with E-state index in [4.69, 9.17) is 27.4 Å². The highest BCUT2D eigenvalue weighted by Crippen LogP contribution is 2.79. The number of aliphatic hydroxyl groups is 1. The van der Waals surface area contributed by atoms with Crippen LogP contribution in [-0.4, -0.2) is 59.1 Å². The highest BCUT2D eigenvalue weighted by atomic mass is 31.3. The molecule has 0 spiro atoms. The van der Waals surface area contributed by atoms with E-state index < -0.39 is 35.1 Å². The number of rotatable bonds is 10. The van der Waals surface area contributed by atoms with Crippen LogP contribution < -0.4 is 0 Å². The Hall–Kier alpha value is -0.340. The van der Waals surface area contributed by atoms with Crippen molar-refractivity contribution in [2.45, 2.75) is 6.92 Å². The molecule has 11 nitrogen and oxygen atoms in total. The maximum Gasteiger partial charge on any atom is 0.347 e. The topological polar surface area (TPSA) is 130 Å². The van der Waals surface area contributed by atoms with Crippen LogP contribution in [0.25, 0.3) is 0 Å². The van der Waals surface area contributed by atoms with Gasteiger partial charge in [0, 0.05) is 34.0 Å². The van der Waals surface area contributed by atoms with Gasteiger partial charge in [0.25, 0.3) is 0 Å². The van der Waals surface area contributed by atoms with Gasteiger partial charge in [-0.25, -0.2) is 4.79 Å². The van der Waals surface area contributed by atoms with Crippen LogP contribution in [0, 0.1) is 0 Å². The average molecular weight is 419 g/mol. The smallest absolute Gasteiger partial charge is 0.347 e. The standard InChI is InChI=1S/C11H24N3O8P3/c1-10(2)11(16)21-7-8-22-25(20-6)13-23(9-15,17-3)12-24(14-25,18-4)19-5/h15H,1,7-9H2,2-6H3. The molecule has 0 aliphatic carbocycles. The fraction of sp³-hybridized carbons (Fsp3) is 0.727. The molecule has 25 heavy (non-hydrogen) atoms. The summed E-state index contributed by atoms with van der Waals surface area (Å²) in [4.78, 5) is 11.4. The zero-order valence-electron chi connectivity index (χ0n) is 14.8. The van der Waals surface area contributed by atoms with Gasteiger partial charge >= 0.3 is 21.3 Å². The lowest BCUT2D eigenvalue weighted by molar-refractivity contribution is -0.139. The Labute approximate surface area is 147 Å². The molecule has 0 saturated carbocycles. The maximum absolute atomic E-state index is 11.4. The van der Waals surface area contributed by atoms with Crippen LogP contribution in [-0.2, 0) is 32.2 Å². The number of ether oxygens (including phenoxy) is 1. The predicted molar refractivity (Wildman–Crippen MR) is 94.9 cm³/mol. The molecule has 0 radical (unpaired) electrons. The lowest BCUT2D eigenvalue weighted by atomic mass is 10.4. The summed E-state index contributed by atoms with van der Waals surface area (Å²) in [6.07, 6.45) is -0.480. The molecule has 1 N–H and O–H groups in total. The Bertz CT molecular complexity index is 650. The molecule has 1 heterocycles. The third kappa shape index (κ3) is 5.57. The predicted octanol–water partition coefficient (Wildman–Crippen LogP) is 3.59. The molecule has 0 bridgehead atoms. The van der Waals surface area contributed by atoms with Crippen LogP contribution in [0.1, 0.15) is 6.92 Å². The molecule has 2 unspecified atom stereocenters. The van der Waals surface area contributed by atoms with Gasteiger partial charge < -0.3 is 32.5 Å². The van der Waals surface area contributed by atoms with E-state index in [0.29, 0.717) is 0 Å². The molecule has 0 fully saturated rings. The van der Waals surface area contributed by atoms with Crippen LogP contribution in [0.15, 0.2) is 25.7 Å². The van der Waals surface area contributed by atoms with Gasteiger partial charge in [-0.3, -0.25) is 0 Å². The van der Waals surface area contributed by atoms with Crippen LogP contribution >= 0.6 is 22.8 Å². The Kier molecular flexibility index (Phi) is 8.67. The van der Waals surface area contributed by atoms with Crippen LogP contribution in [0.5, 0.6) is 0 Å². The molecular weight excluding hydrogens is 395 g/mol. The van der Waals surface area contributed by atoms with Gasteiger partial charge in [-0.2, -0.15) is 9.03 Å². The van der Waals surface area contributed by atoms with Crippen molar-refractivity contribution in [2.24, 2.45) is 13.5 Å². The molecule has 14 heteroatoms. The third-order valence-electron chi connectivity index (χ3n) is 2.85. The Balaban J connectivity index is 3.16. The molecule has 1 aliphatic rings. The molecule has 2 atom stereocenters. The lowest BCUT2D eigenvalue weighted by Gasteiger charge is -2.30. The van der Waals surface area contributed by atoms with Crippen LogP contribution in [0.4, 0.5) is 0 Å². The van der Waals surface area contributed by atoms with E-state index in [1.165, 1.54) is 35.4 Å². The SMILES string of the molecule is C=C(C)C(=O)OCCOP1(OC)=NP(OC)(OC)=NP(CO)(OC)=N1. The number of nitrogens with zero attached hydrogens (tertiary/aromatic N) is 3. The number of hydrogen-bond donors (Lipinski definition) is 1. The van der Waals surface area contributed by atoms with Crippen molar-refractivity contribution in [1.82, 2.24) is 0 Å². The van der Waals surface area contributed by atoms with Gasteiger partial charge in [0.05, 0.1) is 6.61 Å². The first-order valence-corrected chi connectivity index (χ1v) is 11.8. The van der Waals surface area contributed by atoms with E-state index in [0.717, 1.165) is 0 Å². The summed E-state index contributed by atoms with van der Waals surface area (Å²) < 4.78 is 44.9. The van der Waals surface area contributed by atoms with Crippen molar-refractivity contribution < 1.29 is 37.3 Å². The normalized spacial score (nSPS) is 27.6. The van der Waals surface area contributed by atoms with E-state index in [2.05, 4.69) is 20.1 Å². The van der Waals surface area contributed by atoms with E-state index >= 15 is 0 Å². The summed E-state index contributed by atoms with van der Waals surface area (Å²) in [5.74, 6) is -0.536. The molecule has 1 rings (SSSR count). The summed E-state index contributed by atoms with van der Waals surface area (Å²) in [6.45, 7) is 4.92. The zero-order valence-corrected chi connectivity index (χ0v) is 17.5. The second-order valence-electron chi connectivity index (χ2n) is 4.54. The van der Waals surface area contributed by atoms with E-state index in [1.807, 2.05) is 0 Å². The summed E-state index contributed by atoms with van der Waals surface area (Å²) in [5, 5.41) is 9.73. The zero-order chi connectivity index (χ0) is 19.1. The van der Waals surface area contributed by atoms with Crippen molar-refractivity contribution in [2.75, 3.05) is 48.0 Å². The van der Waals surface area contributed by atoms with E-state index in [9.17, 15) is 9.90 Å². The average Bonchev–Trinajstić information content (AvgIpc) is 2.64. The van der Waals surface area contributed by atoms with E-state index in [1.54, 1.807) is 0 Å². The van der Waals surface area contributed by atoms with Crippen molar-refractivity contribution in [3.63, 3.8) is 0 Å². The van der Waals surface area contributed by atoms with E-state index in [-0.39, 0.29) is 18.8 Å². The van der Waals surface area contributed by atoms with Gasteiger partial charge in [-0.15, -0.1) is 4.52 Å². The third-order valence-corrected chi connectivity index (χ3v) is 11.6. The maximum atomic E-state index is 11.4. The highest BCUT2D eigenvalue weighted by molar-refractivity contribution is 7.79. The molecule has 0 aromatic heterocycles. The van der Waals surface area contributed by atoms with Gasteiger partial charge in [0.2, 0.25) is 7.43 Å². The molecule has 0 aromatic rings. The van der Waals surface area contributed by atoms with Crippen molar-refractivity contribution in [1.29, 1.82) is 0 Å². The Morgan fingerprint density at radius 1 is 0.960 bits per heavy atom. The quantitative estimate of drug-likeness (QED) is 0.246. The number of carbonyl (C=O) groups is 1. The number of esters is 1. The van der Waals surface area contributed by atoms with Gasteiger partial charge in [-0.05, 0) is 6.92 Å². The molecular formula is C11H24N3O8P3. The fourth-order valence-electron chi connectivity index (χ4n) is 1.55. The largest absolute Gasteiger partial charge is 0.460 e. The number of aliphatic hydroxyl groups excluding tert-OH is 1. The fourth-order valence-corrected chi connectivity index (χ4v) is 10.8. The summed E-state index contributed by atoms with van der Waals surface area (Å²) in [5.41, 5.74) is 0.274. The lowest BCUT2D eigenvalue weighted by Crippen LogP contribution is -2.11. The second-order valence-corrected chi connectivity index (χ2v) is 12.0. The van der Waals surface area contributed by atoms with Gasteiger partial charge in [0.15, 0.2) is 0 Å². The first kappa shape index (κ1) is 22.7. The summed E-state index contributed by atoms with van der Waals surface area (Å²) >= 11 is 0. The molecule has 0 amide bonds. The first-order valence-electron chi connectivity index (χ1n) is 6.97. The second kappa shape index (κ2) is 9.55. The monoisotopic (exact) mass is 419 g/mol. The van der Waals surface area contributed by atoms with Crippen LogP contribution in [0.3, 0.4) is 0 Å². The Morgan fingerprint density at radius 2 is 1.56 bits per heavy atom. The Morgan fingerprint density at radius 3 is 2.00 bits per heavy atom. The molecule has 0 aromatic carbocycles. The summed E-state index contributed by atoms with van der Waals surface area (Å²) in [7, 11) is -3.97. The number of hydrogen-bond acceptors (Lipinski definition) is 11. The minimum Gasteiger partial charge on any atom is -0.460 e.